The molecule has 5 aromatic rings. The van der Waals surface area contributed by atoms with Crippen molar-refractivity contribution in [3.05, 3.63) is 99.0 Å². The van der Waals surface area contributed by atoms with Gasteiger partial charge in [-0.15, -0.1) is 21.5 Å². The maximum atomic E-state index is 13.6. The fourth-order valence-electron chi connectivity index (χ4n) is 6.47. The van der Waals surface area contributed by atoms with Gasteiger partial charge in [-0.2, -0.15) is 0 Å². The molecule has 1 aliphatic carbocycles. The number of aryl methyl sites for hydroxylation is 6. The molecular weight excluding hydrogens is 586 g/mol. The Morgan fingerprint density at radius 3 is 2.64 bits per heavy atom. The van der Waals surface area contributed by atoms with Gasteiger partial charge in [-0.05, 0) is 87.3 Å². The van der Waals surface area contributed by atoms with Crippen LogP contribution in [0.15, 0.2) is 53.2 Å². The molecule has 228 valence electrons. The highest BCUT2D eigenvalue weighted by atomic mass is 32.1. The summed E-state index contributed by atoms with van der Waals surface area (Å²) >= 11 is 1.26. The van der Waals surface area contributed by atoms with Gasteiger partial charge in [0.15, 0.2) is 0 Å². The molecule has 2 N–H and O–H groups in total. The van der Waals surface area contributed by atoms with Crippen LogP contribution in [0.3, 0.4) is 0 Å². The van der Waals surface area contributed by atoms with Crippen LogP contribution in [0.4, 0.5) is 0 Å². The Kier molecular flexibility index (Phi) is 7.70. The highest BCUT2D eigenvalue weighted by molar-refractivity contribution is 7.17. The van der Waals surface area contributed by atoms with E-state index in [2.05, 4.69) is 26.2 Å². The van der Waals surface area contributed by atoms with Crippen LogP contribution in [0.5, 0.6) is 0 Å². The number of primary amides is 1. The van der Waals surface area contributed by atoms with Crippen molar-refractivity contribution >= 4 is 23.2 Å². The molecule has 3 aliphatic rings. The van der Waals surface area contributed by atoms with Gasteiger partial charge in [0.1, 0.15) is 0 Å². The van der Waals surface area contributed by atoms with E-state index < -0.39 is 5.91 Å². The summed E-state index contributed by atoms with van der Waals surface area (Å²) in [6, 6.07) is 11.7. The number of nitrogens with zero attached hydrogens (tertiary/aromatic N) is 6. The highest BCUT2D eigenvalue weighted by Crippen LogP contribution is 2.49. The third kappa shape index (κ3) is 5.52. The number of aromatic nitrogens is 5. The van der Waals surface area contributed by atoms with Crippen LogP contribution in [0.25, 0.3) is 21.9 Å². The second-order valence-corrected chi connectivity index (χ2v) is 12.8. The smallest absolute Gasteiger partial charge is 0.258 e. The number of fused-ring (bicyclic) bond motifs is 4. The first-order chi connectivity index (χ1) is 21.9. The van der Waals surface area contributed by atoms with Crippen molar-refractivity contribution in [1.82, 2.24) is 30.0 Å². The summed E-state index contributed by atoms with van der Waals surface area (Å²) in [7, 11) is 0. The van der Waals surface area contributed by atoms with Crippen LogP contribution in [-0.4, -0.2) is 48.4 Å². The van der Waals surface area contributed by atoms with Crippen molar-refractivity contribution in [2.24, 2.45) is 5.73 Å². The molecule has 0 aromatic carbocycles. The molecule has 8 rings (SSSR count). The fourth-order valence-corrected chi connectivity index (χ4v) is 7.39. The van der Waals surface area contributed by atoms with Crippen LogP contribution in [-0.2, 0) is 25.7 Å². The van der Waals surface area contributed by atoms with Crippen LogP contribution < -0.4 is 5.73 Å². The minimum Gasteiger partial charge on any atom is -0.421 e. The summed E-state index contributed by atoms with van der Waals surface area (Å²) < 4.78 is 5.89. The summed E-state index contributed by atoms with van der Waals surface area (Å²) in [5.74, 6) is 0.162. The minimum atomic E-state index is -0.509. The Labute approximate surface area is 264 Å². The third-order valence-electron chi connectivity index (χ3n) is 8.61. The first-order valence-electron chi connectivity index (χ1n) is 15.3. The Hall–Kier alpha value is -4.77. The summed E-state index contributed by atoms with van der Waals surface area (Å²) in [4.78, 5) is 42.5. The Morgan fingerprint density at radius 2 is 1.91 bits per heavy atom. The van der Waals surface area contributed by atoms with Gasteiger partial charge in [-0.3, -0.25) is 24.5 Å². The minimum absolute atomic E-state index is 0.0449. The number of hydrogen-bond acceptors (Lipinski definition) is 9. The standard InChI is InChI=1S/C26H24N6O3S.C8H9N/c1-13-5-6-15(28-12-13)7-8-16-20(25-31-30-14(2)35-25)21(18-9-10-19(36-18)24(27)33)22-23(29-16)17-4-3-11-32(17)26(22)34;1-3-7-4-2-6-9-8(7)5-1/h5-6,9-10,12,17H,3-4,7-8,11H2,1-2H3,(H2,27,33);2,4,6H,1,3,5H2. The molecule has 45 heavy (non-hydrogen) atoms. The van der Waals surface area contributed by atoms with E-state index in [4.69, 9.17) is 15.1 Å². The topological polar surface area (TPSA) is 141 Å². The normalized spacial score (nSPS) is 16.3. The van der Waals surface area contributed by atoms with Gasteiger partial charge in [-0.25, -0.2) is 0 Å². The average molecular weight is 620 g/mol. The molecule has 1 unspecified atom stereocenters. The fraction of sp³-hybridized carbons (Fsp3) is 0.324. The molecule has 1 saturated heterocycles. The van der Waals surface area contributed by atoms with Crippen LogP contribution in [0.1, 0.15) is 85.1 Å². The largest absolute Gasteiger partial charge is 0.421 e. The van der Waals surface area contributed by atoms with E-state index in [9.17, 15) is 9.59 Å². The van der Waals surface area contributed by atoms with Crippen molar-refractivity contribution in [3.8, 4) is 21.9 Å². The van der Waals surface area contributed by atoms with Crippen molar-refractivity contribution in [1.29, 1.82) is 0 Å². The van der Waals surface area contributed by atoms with Crippen molar-refractivity contribution in [2.45, 2.75) is 64.8 Å². The summed E-state index contributed by atoms with van der Waals surface area (Å²) in [6.45, 7) is 4.44. The molecule has 2 aliphatic heterocycles. The van der Waals surface area contributed by atoms with E-state index >= 15 is 0 Å². The number of rotatable bonds is 6. The summed E-state index contributed by atoms with van der Waals surface area (Å²) in [5, 5.41) is 8.36. The highest BCUT2D eigenvalue weighted by Gasteiger charge is 2.44. The molecule has 0 bridgehead atoms. The Balaban J connectivity index is 0.000000308. The van der Waals surface area contributed by atoms with E-state index in [0.29, 0.717) is 52.7 Å². The molecule has 10 nitrogen and oxygen atoms in total. The van der Waals surface area contributed by atoms with Crippen LogP contribution in [0.2, 0.25) is 0 Å². The van der Waals surface area contributed by atoms with E-state index in [1.54, 1.807) is 13.0 Å². The maximum Gasteiger partial charge on any atom is 0.258 e. The zero-order valence-electron chi connectivity index (χ0n) is 25.2. The lowest BCUT2D eigenvalue weighted by Gasteiger charge is -2.16. The van der Waals surface area contributed by atoms with Gasteiger partial charge in [0.05, 0.1) is 33.4 Å². The molecule has 11 heteroatoms. The molecular formula is C34H33N7O3S. The second-order valence-electron chi connectivity index (χ2n) is 11.7. The number of carbonyl (C=O) groups is 2. The molecule has 7 heterocycles. The Morgan fingerprint density at radius 1 is 1.02 bits per heavy atom. The lowest BCUT2D eigenvalue weighted by molar-refractivity contribution is 0.0776. The van der Waals surface area contributed by atoms with Gasteiger partial charge in [0.25, 0.3) is 11.8 Å². The molecule has 0 radical (unpaired) electrons. The molecule has 1 atom stereocenters. The monoisotopic (exact) mass is 619 g/mol. The zero-order valence-corrected chi connectivity index (χ0v) is 26.1. The van der Waals surface area contributed by atoms with Crippen molar-refractivity contribution in [2.75, 3.05) is 6.54 Å². The summed E-state index contributed by atoms with van der Waals surface area (Å²) in [5.41, 5.74) is 13.8. The molecule has 0 spiro atoms. The van der Waals surface area contributed by atoms with Gasteiger partial charge in [-0.1, -0.05) is 12.1 Å². The predicted molar refractivity (Wildman–Crippen MR) is 170 cm³/mol. The zero-order chi connectivity index (χ0) is 31.1. The summed E-state index contributed by atoms with van der Waals surface area (Å²) in [6.07, 6.45) is 10.5. The first-order valence-corrected chi connectivity index (χ1v) is 16.1. The molecule has 5 aromatic heterocycles. The van der Waals surface area contributed by atoms with Gasteiger partial charge >= 0.3 is 0 Å². The second kappa shape index (κ2) is 12.0. The quantitative estimate of drug-likeness (QED) is 0.258. The average Bonchev–Trinajstić information content (AvgIpc) is 3.88. The number of hydrogen-bond donors (Lipinski definition) is 1. The van der Waals surface area contributed by atoms with Gasteiger partial charge in [0.2, 0.25) is 11.8 Å². The van der Waals surface area contributed by atoms with Crippen molar-refractivity contribution in [3.63, 3.8) is 0 Å². The Bertz CT molecular complexity index is 1890. The van der Waals surface area contributed by atoms with E-state index in [1.165, 1.54) is 41.9 Å². The lowest BCUT2D eigenvalue weighted by atomic mass is 9.93. The molecule has 2 amide bonds. The van der Waals surface area contributed by atoms with Crippen LogP contribution >= 0.6 is 11.3 Å². The number of nitrogens with two attached hydrogens (primary N) is 1. The lowest BCUT2D eigenvalue weighted by Crippen LogP contribution is -2.22. The number of carbonyl (C=O) groups excluding carboxylic acids is 2. The molecule has 0 saturated carbocycles. The third-order valence-corrected chi connectivity index (χ3v) is 9.73. The predicted octanol–water partition coefficient (Wildman–Crippen LogP) is 5.62. The van der Waals surface area contributed by atoms with E-state index in [0.717, 1.165) is 40.4 Å². The maximum absolute atomic E-state index is 13.6. The van der Waals surface area contributed by atoms with E-state index in [-0.39, 0.29) is 11.9 Å². The number of thiophene rings is 1. The van der Waals surface area contributed by atoms with Gasteiger partial charge in [0, 0.05) is 47.7 Å². The first kappa shape index (κ1) is 29.0. The van der Waals surface area contributed by atoms with E-state index in [1.807, 2.05) is 48.5 Å². The number of pyridine rings is 3. The van der Waals surface area contributed by atoms with Crippen molar-refractivity contribution < 1.29 is 14.0 Å². The van der Waals surface area contributed by atoms with Gasteiger partial charge < -0.3 is 15.1 Å². The number of amides is 2. The van der Waals surface area contributed by atoms with Crippen LogP contribution in [0, 0.1) is 13.8 Å². The molecule has 1 fully saturated rings. The SMILES string of the molecule is Cc1ccc(CCc2nc3c(c(-c4ccc(C(N)=O)s4)c2-c2nnc(C)o2)C(=O)N2CCCC32)nc1.c1cnc2c(c1)CCC2.